The number of rotatable bonds is 5. The summed E-state index contributed by atoms with van der Waals surface area (Å²) in [5.74, 6) is 2.35. The molecule has 5 aliphatic rings. The first-order chi connectivity index (χ1) is 17.7. The number of fused-ring (bicyclic) bond motifs is 6. The summed E-state index contributed by atoms with van der Waals surface area (Å²) in [6.07, 6.45) is 5.19. The number of aromatic nitrogens is 3. The Labute approximate surface area is 210 Å². The normalized spacial score (nSPS) is 27.2. The van der Waals surface area contributed by atoms with Gasteiger partial charge in [-0.1, -0.05) is 0 Å². The first-order valence-electron chi connectivity index (χ1n) is 12.9. The number of pyridine rings is 1. The summed E-state index contributed by atoms with van der Waals surface area (Å²) in [7, 11) is 1.61. The second-order valence-corrected chi connectivity index (χ2v) is 10.3. The van der Waals surface area contributed by atoms with Crippen LogP contribution in [-0.2, 0) is 16.1 Å². The van der Waals surface area contributed by atoms with Crippen molar-refractivity contribution in [2.75, 3.05) is 43.2 Å². The molecular weight excluding hydrogens is 458 g/mol. The van der Waals surface area contributed by atoms with Gasteiger partial charge in [0.2, 0.25) is 5.95 Å². The first kappa shape index (κ1) is 22.2. The number of aliphatic hydroxyl groups excluding tert-OH is 1. The average molecular weight is 490 g/mol. The van der Waals surface area contributed by atoms with Gasteiger partial charge in [0.1, 0.15) is 11.6 Å². The fourth-order valence-corrected chi connectivity index (χ4v) is 6.16. The molecule has 8 rings (SSSR count). The zero-order chi connectivity index (χ0) is 24.2. The van der Waals surface area contributed by atoms with Gasteiger partial charge in [-0.2, -0.15) is 9.97 Å². The molecule has 4 bridgehead atoms. The Bertz CT molecular complexity index is 1280. The fourth-order valence-electron chi connectivity index (χ4n) is 6.16. The molecule has 36 heavy (non-hydrogen) atoms. The summed E-state index contributed by atoms with van der Waals surface area (Å²) in [5, 5.41) is 10.8. The maximum atomic E-state index is 9.80. The molecule has 7 heterocycles. The van der Waals surface area contributed by atoms with Crippen molar-refractivity contribution in [3.05, 3.63) is 35.9 Å². The Morgan fingerprint density at radius 2 is 1.81 bits per heavy atom. The predicted molar refractivity (Wildman–Crippen MR) is 135 cm³/mol. The molecule has 4 unspecified atom stereocenters. The van der Waals surface area contributed by atoms with Gasteiger partial charge in [-0.25, -0.2) is 4.98 Å². The van der Waals surface area contributed by atoms with Crippen LogP contribution in [0.3, 0.4) is 0 Å². The lowest BCUT2D eigenvalue weighted by Crippen LogP contribution is -2.55. The van der Waals surface area contributed by atoms with Crippen molar-refractivity contribution >= 4 is 22.8 Å². The van der Waals surface area contributed by atoms with Gasteiger partial charge in [0.15, 0.2) is 5.65 Å². The van der Waals surface area contributed by atoms with E-state index in [1.165, 1.54) is 0 Å². The summed E-state index contributed by atoms with van der Waals surface area (Å²) >= 11 is 0. The van der Waals surface area contributed by atoms with Gasteiger partial charge in [-0.3, -0.25) is 0 Å². The zero-order valence-electron chi connectivity index (χ0n) is 20.5. The van der Waals surface area contributed by atoms with Gasteiger partial charge in [-0.15, -0.1) is 0 Å². The molecule has 2 aromatic heterocycles. The van der Waals surface area contributed by atoms with Gasteiger partial charge in [0.05, 0.1) is 55.8 Å². The largest absolute Gasteiger partial charge is 0.496 e. The molecule has 0 radical (unpaired) electrons. The molecule has 1 aromatic carbocycles. The molecule has 3 aromatic rings. The van der Waals surface area contributed by atoms with E-state index in [9.17, 15) is 5.11 Å². The van der Waals surface area contributed by atoms with Gasteiger partial charge in [0, 0.05) is 30.8 Å². The number of hydrogen-bond acceptors (Lipinski definition) is 9. The first-order valence-corrected chi connectivity index (χ1v) is 12.9. The number of ether oxygens (including phenoxy) is 3. The van der Waals surface area contributed by atoms with E-state index < -0.39 is 0 Å². The molecule has 5 aliphatic heterocycles. The summed E-state index contributed by atoms with van der Waals surface area (Å²) in [5.41, 5.74) is 3.14. The van der Waals surface area contributed by atoms with Gasteiger partial charge in [0.25, 0.3) is 0 Å². The number of hydrogen-bond donors (Lipinski definition) is 1. The molecular formula is C27H31N5O4. The van der Waals surface area contributed by atoms with Crippen molar-refractivity contribution in [2.24, 2.45) is 0 Å². The Morgan fingerprint density at radius 3 is 2.50 bits per heavy atom. The zero-order valence-corrected chi connectivity index (χ0v) is 20.5. The standard InChI is InChI=1S/C27H31N5O4/c1-34-24-9-2-16(10-17(24)14-33)23-8-7-22-25(28-23)29-27(32-13-19-4-3-18(32)15-35-19)30-26(22)31-11-20-5-6-21(12-31)36-20/h2,7-10,18-21,33H,3-6,11-15H2,1H3. The lowest BCUT2D eigenvalue weighted by atomic mass is 9.97. The van der Waals surface area contributed by atoms with E-state index in [-0.39, 0.29) is 24.9 Å². The maximum absolute atomic E-state index is 9.80. The highest BCUT2D eigenvalue weighted by atomic mass is 16.5. The van der Waals surface area contributed by atoms with E-state index in [4.69, 9.17) is 29.2 Å². The number of nitrogens with zero attached hydrogens (tertiary/aromatic N) is 5. The molecule has 0 aliphatic carbocycles. The average Bonchev–Trinajstić information content (AvgIpc) is 3.29. The number of piperidine rings is 1. The Morgan fingerprint density at radius 1 is 0.972 bits per heavy atom. The van der Waals surface area contributed by atoms with E-state index in [0.717, 1.165) is 85.9 Å². The van der Waals surface area contributed by atoms with Crippen molar-refractivity contribution in [1.82, 2.24) is 15.0 Å². The van der Waals surface area contributed by atoms with Crippen LogP contribution in [0.5, 0.6) is 5.75 Å². The highest BCUT2D eigenvalue weighted by molar-refractivity contribution is 5.90. The van der Waals surface area contributed by atoms with E-state index >= 15 is 0 Å². The second kappa shape index (κ2) is 8.83. The summed E-state index contributed by atoms with van der Waals surface area (Å²) < 4.78 is 17.4. The van der Waals surface area contributed by atoms with Gasteiger partial charge >= 0.3 is 0 Å². The van der Waals surface area contributed by atoms with Crippen molar-refractivity contribution < 1.29 is 19.3 Å². The van der Waals surface area contributed by atoms with E-state index in [1.54, 1.807) is 7.11 Å². The molecule has 188 valence electrons. The van der Waals surface area contributed by atoms with E-state index in [1.807, 2.05) is 24.3 Å². The number of aliphatic hydroxyl groups is 1. The molecule has 1 N–H and O–H groups in total. The van der Waals surface area contributed by atoms with Crippen LogP contribution in [0, 0.1) is 0 Å². The number of morpholine rings is 2. The van der Waals surface area contributed by atoms with Crippen molar-refractivity contribution in [2.45, 2.75) is 56.6 Å². The van der Waals surface area contributed by atoms with Crippen LogP contribution < -0.4 is 14.5 Å². The minimum absolute atomic E-state index is 0.0972. The second-order valence-electron chi connectivity index (χ2n) is 10.3. The molecule has 5 fully saturated rings. The molecule has 5 saturated heterocycles. The van der Waals surface area contributed by atoms with E-state index in [0.29, 0.717) is 17.4 Å². The molecule has 0 amide bonds. The third-order valence-corrected chi connectivity index (χ3v) is 8.06. The maximum Gasteiger partial charge on any atom is 0.229 e. The van der Waals surface area contributed by atoms with Crippen molar-refractivity contribution in [3.8, 4) is 17.0 Å². The van der Waals surface area contributed by atoms with Gasteiger partial charge in [-0.05, 0) is 56.0 Å². The minimum atomic E-state index is -0.0972. The van der Waals surface area contributed by atoms with Crippen LogP contribution in [0.1, 0.15) is 31.2 Å². The van der Waals surface area contributed by atoms with Crippen LogP contribution in [0.15, 0.2) is 30.3 Å². The van der Waals surface area contributed by atoms with E-state index in [2.05, 4.69) is 15.9 Å². The number of benzene rings is 1. The molecule has 9 nitrogen and oxygen atoms in total. The van der Waals surface area contributed by atoms with Crippen molar-refractivity contribution in [1.29, 1.82) is 0 Å². The smallest absolute Gasteiger partial charge is 0.229 e. The van der Waals surface area contributed by atoms with Crippen LogP contribution in [0.25, 0.3) is 22.3 Å². The van der Waals surface area contributed by atoms with Gasteiger partial charge < -0.3 is 29.1 Å². The quantitative estimate of drug-likeness (QED) is 0.581. The molecule has 0 saturated carbocycles. The van der Waals surface area contributed by atoms with Crippen LogP contribution in [0.4, 0.5) is 11.8 Å². The molecule has 0 spiro atoms. The third kappa shape index (κ3) is 3.77. The summed E-state index contributed by atoms with van der Waals surface area (Å²) in [4.78, 5) is 19.9. The Hall–Kier alpha value is -3.01. The highest BCUT2D eigenvalue weighted by Crippen LogP contribution is 2.36. The third-order valence-electron chi connectivity index (χ3n) is 8.06. The minimum Gasteiger partial charge on any atom is -0.496 e. The van der Waals surface area contributed by atoms with Crippen LogP contribution in [-0.4, -0.2) is 77.8 Å². The highest BCUT2D eigenvalue weighted by Gasteiger charge is 2.38. The Balaban J connectivity index is 1.34. The van der Waals surface area contributed by atoms with Crippen LogP contribution in [0.2, 0.25) is 0 Å². The topological polar surface area (TPSA) is 93.1 Å². The molecule has 4 atom stereocenters. The fraction of sp³-hybridized carbons (Fsp3) is 0.519. The summed E-state index contributed by atoms with van der Waals surface area (Å²) in [6.45, 7) is 3.14. The lowest BCUT2D eigenvalue weighted by Gasteiger charge is -2.45. The number of anilines is 2. The monoisotopic (exact) mass is 489 g/mol. The Kier molecular flexibility index (Phi) is 5.45. The molecule has 9 heteroatoms. The summed E-state index contributed by atoms with van der Waals surface area (Å²) in [6, 6.07) is 10.2. The van der Waals surface area contributed by atoms with Crippen LogP contribution >= 0.6 is 0 Å². The SMILES string of the molecule is COc1ccc(-c2ccc3c(N4CC5CCC(C4)O5)nc(N4CC5CCC4CO5)nc3n2)cc1CO. The number of methoxy groups -OCH3 is 1. The predicted octanol–water partition coefficient (Wildman–Crippen LogP) is 2.93. The lowest BCUT2D eigenvalue weighted by molar-refractivity contribution is -0.0232. The van der Waals surface area contributed by atoms with Crippen molar-refractivity contribution in [3.63, 3.8) is 0 Å².